The summed E-state index contributed by atoms with van der Waals surface area (Å²) in [7, 11) is 0. The number of furan rings is 1. The maximum atomic E-state index is 12.6. The van der Waals surface area contributed by atoms with Gasteiger partial charge < -0.3 is 14.6 Å². The Morgan fingerprint density at radius 2 is 2.00 bits per heavy atom. The number of carbonyl (C=O) groups excluding carboxylic acids is 2. The molecule has 1 N–H and O–H groups in total. The SMILES string of the molecule is CC(=O)N1CCC[C@H]1C(=O)Nc1ccc2oc3c(c2c1)CCCCC3. The lowest BCUT2D eigenvalue weighted by Gasteiger charge is -2.22. The number of nitrogens with one attached hydrogen (secondary N) is 1. The Kier molecular flexibility index (Phi) is 4.24. The number of likely N-dealkylation sites (tertiary alicyclic amines) is 1. The van der Waals surface area contributed by atoms with Crippen LogP contribution < -0.4 is 5.32 Å². The molecule has 1 aromatic carbocycles. The Hall–Kier alpha value is -2.30. The normalized spacial score (nSPS) is 20.4. The summed E-state index contributed by atoms with van der Waals surface area (Å²) in [5.41, 5.74) is 2.98. The van der Waals surface area contributed by atoms with Gasteiger partial charge in [0.25, 0.3) is 0 Å². The van der Waals surface area contributed by atoms with Crippen LogP contribution in [0.3, 0.4) is 0 Å². The number of benzene rings is 1. The lowest BCUT2D eigenvalue weighted by atomic mass is 10.1. The summed E-state index contributed by atoms with van der Waals surface area (Å²) in [6, 6.07) is 5.50. The van der Waals surface area contributed by atoms with Gasteiger partial charge in [-0.25, -0.2) is 0 Å². The maximum Gasteiger partial charge on any atom is 0.247 e. The molecule has 2 aromatic rings. The number of anilines is 1. The highest BCUT2D eigenvalue weighted by Gasteiger charge is 2.32. The predicted molar refractivity (Wildman–Crippen MR) is 96.5 cm³/mol. The first-order valence-electron chi connectivity index (χ1n) is 9.26. The van der Waals surface area contributed by atoms with Crippen LogP contribution in [0.15, 0.2) is 22.6 Å². The Morgan fingerprint density at radius 3 is 2.84 bits per heavy atom. The lowest BCUT2D eigenvalue weighted by molar-refractivity contribution is -0.134. The summed E-state index contributed by atoms with van der Waals surface area (Å²) in [6.45, 7) is 2.19. The molecule has 132 valence electrons. The number of carbonyl (C=O) groups is 2. The van der Waals surface area contributed by atoms with Crippen molar-refractivity contribution in [1.29, 1.82) is 0 Å². The highest BCUT2D eigenvalue weighted by Crippen LogP contribution is 2.33. The van der Waals surface area contributed by atoms with Gasteiger partial charge in [0.2, 0.25) is 11.8 Å². The molecule has 2 aliphatic rings. The first kappa shape index (κ1) is 16.2. The van der Waals surface area contributed by atoms with Crippen molar-refractivity contribution in [1.82, 2.24) is 4.90 Å². The Labute approximate surface area is 147 Å². The second-order valence-corrected chi connectivity index (χ2v) is 7.14. The van der Waals surface area contributed by atoms with E-state index in [0.29, 0.717) is 6.54 Å². The summed E-state index contributed by atoms with van der Waals surface area (Å²) in [5, 5.41) is 4.11. The van der Waals surface area contributed by atoms with E-state index in [0.717, 1.165) is 48.1 Å². The van der Waals surface area contributed by atoms with E-state index in [4.69, 9.17) is 4.42 Å². The fourth-order valence-corrected chi connectivity index (χ4v) is 4.16. The van der Waals surface area contributed by atoms with Crippen LogP contribution in [-0.4, -0.2) is 29.3 Å². The third-order valence-corrected chi connectivity index (χ3v) is 5.43. The zero-order valence-corrected chi connectivity index (χ0v) is 14.6. The molecule has 0 bridgehead atoms. The zero-order chi connectivity index (χ0) is 17.4. The van der Waals surface area contributed by atoms with E-state index in [1.54, 1.807) is 4.90 Å². The fraction of sp³-hybridized carbons (Fsp3) is 0.500. The largest absolute Gasteiger partial charge is 0.461 e. The molecule has 4 rings (SSSR count). The number of fused-ring (bicyclic) bond motifs is 3. The highest BCUT2D eigenvalue weighted by atomic mass is 16.3. The van der Waals surface area contributed by atoms with E-state index >= 15 is 0 Å². The second-order valence-electron chi connectivity index (χ2n) is 7.14. The standard InChI is InChI=1S/C20H24N2O3/c1-13(23)22-11-5-7-17(22)20(24)21-14-9-10-19-16(12-14)15-6-3-2-4-8-18(15)25-19/h9-10,12,17H,2-8,11H2,1H3,(H,21,24)/t17-/m0/s1. The van der Waals surface area contributed by atoms with Gasteiger partial charge in [-0.15, -0.1) is 0 Å². The summed E-state index contributed by atoms with van der Waals surface area (Å²) >= 11 is 0. The maximum absolute atomic E-state index is 12.6. The minimum Gasteiger partial charge on any atom is -0.461 e. The van der Waals surface area contributed by atoms with Crippen LogP contribution in [0, 0.1) is 0 Å². The molecule has 0 unspecified atom stereocenters. The molecule has 1 saturated heterocycles. The molecule has 5 nitrogen and oxygen atoms in total. The van der Waals surface area contributed by atoms with Crippen molar-refractivity contribution in [3.8, 4) is 0 Å². The predicted octanol–water partition coefficient (Wildman–Crippen LogP) is 3.65. The molecule has 0 saturated carbocycles. The van der Waals surface area contributed by atoms with Crippen molar-refractivity contribution in [2.75, 3.05) is 11.9 Å². The Morgan fingerprint density at radius 1 is 1.16 bits per heavy atom. The molecule has 0 radical (unpaired) electrons. The van der Waals surface area contributed by atoms with Crippen LogP contribution in [0.2, 0.25) is 0 Å². The number of nitrogens with zero attached hydrogens (tertiary/aromatic N) is 1. The van der Waals surface area contributed by atoms with Crippen LogP contribution in [0.4, 0.5) is 5.69 Å². The molecule has 1 atom stereocenters. The fourth-order valence-electron chi connectivity index (χ4n) is 4.16. The smallest absolute Gasteiger partial charge is 0.247 e. The van der Waals surface area contributed by atoms with E-state index in [9.17, 15) is 9.59 Å². The summed E-state index contributed by atoms with van der Waals surface area (Å²) in [4.78, 5) is 26.0. The molecule has 2 heterocycles. The monoisotopic (exact) mass is 340 g/mol. The lowest BCUT2D eigenvalue weighted by Crippen LogP contribution is -2.42. The third kappa shape index (κ3) is 3.03. The number of hydrogen-bond donors (Lipinski definition) is 1. The van der Waals surface area contributed by atoms with Crippen molar-refractivity contribution in [3.05, 3.63) is 29.5 Å². The van der Waals surface area contributed by atoms with Crippen molar-refractivity contribution in [2.45, 2.75) is 57.9 Å². The van der Waals surface area contributed by atoms with Crippen molar-refractivity contribution >= 4 is 28.5 Å². The highest BCUT2D eigenvalue weighted by molar-refractivity contribution is 5.99. The quantitative estimate of drug-likeness (QED) is 0.849. The van der Waals surface area contributed by atoms with E-state index in [1.165, 1.54) is 31.7 Å². The average molecular weight is 340 g/mol. The van der Waals surface area contributed by atoms with E-state index in [1.807, 2.05) is 18.2 Å². The minimum atomic E-state index is -0.352. The first-order chi connectivity index (χ1) is 12.1. The van der Waals surface area contributed by atoms with Crippen LogP contribution in [0.5, 0.6) is 0 Å². The van der Waals surface area contributed by atoms with Crippen molar-refractivity contribution in [3.63, 3.8) is 0 Å². The topological polar surface area (TPSA) is 62.6 Å². The molecule has 25 heavy (non-hydrogen) atoms. The van der Waals surface area contributed by atoms with Gasteiger partial charge in [-0.1, -0.05) is 6.42 Å². The van der Waals surface area contributed by atoms with E-state index < -0.39 is 0 Å². The Bertz CT molecular complexity index is 824. The van der Waals surface area contributed by atoms with Crippen molar-refractivity contribution in [2.24, 2.45) is 0 Å². The van der Waals surface area contributed by atoms with Crippen LogP contribution in [0.1, 0.15) is 50.4 Å². The Balaban J connectivity index is 1.58. The van der Waals surface area contributed by atoms with Crippen LogP contribution in [0.25, 0.3) is 11.0 Å². The van der Waals surface area contributed by atoms with Gasteiger partial charge in [-0.3, -0.25) is 9.59 Å². The first-order valence-corrected chi connectivity index (χ1v) is 9.26. The number of hydrogen-bond acceptors (Lipinski definition) is 3. The molecule has 2 amide bonds. The third-order valence-electron chi connectivity index (χ3n) is 5.43. The molecule has 1 aliphatic carbocycles. The van der Waals surface area contributed by atoms with E-state index in [2.05, 4.69) is 5.32 Å². The number of amides is 2. The number of aryl methyl sites for hydroxylation is 2. The van der Waals surface area contributed by atoms with Crippen LogP contribution >= 0.6 is 0 Å². The molecule has 0 spiro atoms. The second kappa shape index (κ2) is 6.54. The molecule has 5 heteroatoms. The molecule has 1 fully saturated rings. The van der Waals surface area contributed by atoms with Gasteiger partial charge in [0.05, 0.1) is 0 Å². The summed E-state index contributed by atoms with van der Waals surface area (Å²) in [6.07, 6.45) is 7.26. The molecule has 1 aliphatic heterocycles. The van der Waals surface area contributed by atoms with Gasteiger partial charge in [-0.2, -0.15) is 0 Å². The van der Waals surface area contributed by atoms with Gasteiger partial charge in [0, 0.05) is 36.5 Å². The van der Waals surface area contributed by atoms with E-state index in [-0.39, 0.29) is 17.9 Å². The van der Waals surface area contributed by atoms with Crippen LogP contribution in [-0.2, 0) is 22.4 Å². The molecule has 1 aromatic heterocycles. The zero-order valence-electron chi connectivity index (χ0n) is 14.6. The van der Waals surface area contributed by atoms with Gasteiger partial charge >= 0.3 is 0 Å². The van der Waals surface area contributed by atoms with Gasteiger partial charge in [0.15, 0.2) is 0 Å². The summed E-state index contributed by atoms with van der Waals surface area (Å²) < 4.78 is 6.01. The molecular formula is C20H24N2O3. The van der Waals surface area contributed by atoms with Gasteiger partial charge in [0.1, 0.15) is 17.4 Å². The minimum absolute atomic E-state index is 0.0340. The van der Waals surface area contributed by atoms with Gasteiger partial charge in [-0.05, 0) is 50.3 Å². The molecular weight excluding hydrogens is 316 g/mol. The average Bonchev–Trinajstić information content (AvgIpc) is 3.14. The van der Waals surface area contributed by atoms with Crippen molar-refractivity contribution < 1.29 is 14.0 Å². The number of rotatable bonds is 2. The summed E-state index contributed by atoms with van der Waals surface area (Å²) in [5.74, 6) is 0.976.